The van der Waals surface area contributed by atoms with E-state index in [1.54, 1.807) is 0 Å². The number of hydrogen-bond acceptors (Lipinski definition) is 3. The molecule has 1 aliphatic rings. The second kappa shape index (κ2) is 6.74. The van der Waals surface area contributed by atoms with Crippen LogP contribution >= 0.6 is 0 Å². The quantitative estimate of drug-likeness (QED) is 0.803. The topological polar surface area (TPSA) is 28.2 Å². The molecular formula is C15H25N3. The zero-order chi connectivity index (χ0) is 12.8. The molecule has 0 unspecified atom stereocenters. The van der Waals surface area contributed by atoms with E-state index in [9.17, 15) is 0 Å². The van der Waals surface area contributed by atoms with Gasteiger partial charge in [0.25, 0.3) is 0 Å². The maximum Gasteiger partial charge on any atom is 0.128 e. The molecule has 0 amide bonds. The Morgan fingerprint density at radius 2 is 2.17 bits per heavy atom. The molecule has 0 saturated heterocycles. The third kappa shape index (κ3) is 3.45. The van der Waals surface area contributed by atoms with Gasteiger partial charge in [-0.25, -0.2) is 4.98 Å². The molecule has 18 heavy (non-hydrogen) atoms. The number of hydrogen-bond donors (Lipinski definition) is 1. The predicted molar refractivity (Wildman–Crippen MR) is 76.8 cm³/mol. The highest BCUT2D eigenvalue weighted by Crippen LogP contribution is 2.28. The molecule has 2 rings (SSSR count). The van der Waals surface area contributed by atoms with E-state index in [1.165, 1.54) is 31.4 Å². The third-order valence-electron chi connectivity index (χ3n) is 3.80. The lowest BCUT2D eigenvalue weighted by Gasteiger charge is -2.32. The van der Waals surface area contributed by atoms with E-state index < -0.39 is 0 Å². The van der Waals surface area contributed by atoms with E-state index in [0.717, 1.165) is 31.4 Å². The van der Waals surface area contributed by atoms with Crippen molar-refractivity contribution in [3.8, 4) is 0 Å². The average molecular weight is 247 g/mol. The maximum atomic E-state index is 4.60. The fourth-order valence-electron chi connectivity index (χ4n) is 2.35. The largest absolute Gasteiger partial charge is 0.357 e. The van der Waals surface area contributed by atoms with Gasteiger partial charge < -0.3 is 10.2 Å². The molecule has 1 aliphatic carbocycles. The minimum absolute atomic E-state index is 0.896. The molecule has 0 aliphatic heterocycles. The lowest BCUT2D eigenvalue weighted by atomic mass is 9.85. The molecule has 0 aromatic carbocycles. The van der Waals surface area contributed by atoms with Gasteiger partial charge in [-0.2, -0.15) is 0 Å². The Bertz CT molecular complexity index is 343. The van der Waals surface area contributed by atoms with Gasteiger partial charge in [0.2, 0.25) is 0 Å². The molecule has 0 spiro atoms. The minimum Gasteiger partial charge on any atom is -0.357 e. The van der Waals surface area contributed by atoms with Crippen LogP contribution in [0.15, 0.2) is 18.3 Å². The molecule has 1 fully saturated rings. The summed E-state index contributed by atoms with van der Waals surface area (Å²) in [6, 6.07) is 4.35. The molecule has 100 valence electrons. The Morgan fingerprint density at radius 3 is 2.67 bits per heavy atom. The summed E-state index contributed by atoms with van der Waals surface area (Å²) in [6.45, 7) is 8.49. The molecule has 0 atom stereocenters. The summed E-state index contributed by atoms with van der Waals surface area (Å²) in [7, 11) is 0. The maximum absolute atomic E-state index is 4.60. The highest BCUT2D eigenvalue weighted by atomic mass is 15.2. The molecule has 0 radical (unpaired) electrons. The van der Waals surface area contributed by atoms with Crippen LogP contribution in [0.4, 0.5) is 5.82 Å². The van der Waals surface area contributed by atoms with Gasteiger partial charge in [-0.15, -0.1) is 0 Å². The molecule has 1 N–H and O–H groups in total. The van der Waals surface area contributed by atoms with Crippen molar-refractivity contribution in [2.75, 3.05) is 24.5 Å². The number of aromatic nitrogens is 1. The van der Waals surface area contributed by atoms with E-state index in [-0.39, 0.29) is 0 Å². The van der Waals surface area contributed by atoms with Crippen LogP contribution < -0.4 is 10.2 Å². The van der Waals surface area contributed by atoms with Crippen molar-refractivity contribution in [3.05, 3.63) is 23.9 Å². The summed E-state index contributed by atoms with van der Waals surface area (Å²) in [4.78, 5) is 7.00. The smallest absolute Gasteiger partial charge is 0.128 e. The predicted octanol–water partition coefficient (Wildman–Crippen LogP) is 2.82. The van der Waals surface area contributed by atoms with E-state index in [1.807, 2.05) is 6.20 Å². The minimum atomic E-state index is 0.896. The molecule has 0 bridgehead atoms. The Kier molecular flexibility index (Phi) is 5.00. The van der Waals surface area contributed by atoms with Crippen LogP contribution in [0.3, 0.4) is 0 Å². The van der Waals surface area contributed by atoms with Crippen LogP contribution in [-0.4, -0.2) is 24.6 Å². The Balaban J connectivity index is 1.92. The molecule has 1 aromatic heterocycles. The van der Waals surface area contributed by atoms with Crippen LogP contribution in [0.25, 0.3) is 0 Å². The third-order valence-corrected chi connectivity index (χ3v) is 3.80. The highest BCUT2D eigenvalue weighted by Gasteiger charge is 2.20. The van der Waals surface area contributed by atoms with Gasteiger partial charge in [-0.3, -0.25) is 0 Å². The van der Waals surface area contributed by atoms with Crippen LogP contribution in [-0.2, 0) is 6.54 Å². The van der Waals surface area contributed by atoms with Gasteiger partial charge in [0, 0.05) is 25.8 Å². The fraction of sp³-hybridized carbons (Fsp3) is 0.667. The summed E-state index contributed by atoms with van der Waals surface area (Å²) in [5.74, 6) is 2.03. The van der Waals surface area contributed by atoms with Crippen LogP contribution in [0.5, 0.6) is 0 Å². The molecular weight excluding hydrogens is 222 g/mol. The summed E-state index contributed by atoms with van der Waals surface area (Å²) >= 11 is 0. The Morgan fingerprint density at radius 1 is 1.33 bits per heavy atom. The van der Waals surface area contributed by atoms with E-state index in [4.69, 9.17) is 0 Å². The first-order chi connectivity index (χ1) is 8.83. The Labute approximate surface area is 111 Å². The average Bonchev–Trinajstić information content (AvgIpc) is 2.36. The lowest BCUT2D eigenvalue weighted by molar-refractivity contribution is 0.318. The molecule has 1 heterocycles. The van der Waals surface area contributed by atoms with Crippen molar-refractivity contribution < 1.29 is 0 Å². The van der Waals surface area contributed by atoms with Crippen LogP contribution in [0.1, 0.15) is 38.7 Å². The summed E-state index contributed by atoms with van der Waals surface area (Å²) in [5, 5.41) is 3.32. The van der Waals surface area contributed by atoms with E-state index in [2.05, 4.69) is 41.2 Å². The van der Waals surface area contributed by atoms with Crippen LogP contribution in [0.2, 0.25) is 0 Å². The zero-order valence-corrected chi connectivity index (χ0v) is 11.7. The van der Waals surface area contributed by atoms with Gasteiger partial charge in [0.15, 0.2) is 0 Å². The number of anilines is 1. The van der Waals surface area contributed by atoms with Crippen molar-refractivity contribution in [2.45, 2.75) is 39.7 Å². The first-order valence-electron chi connectivity index (χ1n) is 7.24. The second-order valence-electron chi connectivity index (χ2n) is 5.14. The number of pyridine rings is 1. The van der Waals surface area contributed by atoms with Crippen molar-refractivity contribution in [2.24, 2.45) is 5.92 Å². The molecule has 1 saturated carbocycles. The first kappa shape index (κ1) is 13.3. The first-order valence-corrected chi connectivity index (χ1v) is 7.24. The number of nitrogens with zero attached hydrogens (tertiary/aromatic N) is 2. The number of rotatable bonds is 7. The van der Waals surface area contributed by atoms with Crippen molar-refractivity contribution in [1.29, 1.82) is 0 Å². The van der Waals surface area contributed by atoms with Crippen molar-refractivity contribution in [1.82, 2.24) is 10.3 Å². The SMILES string of the molecule is CCNCc1ccc(N(CC)CC2CCC2)nc1. The van der Waals surface area contributed by atoms with Crippen LogP contribution in [0, 0.1) is 5.92 Å². The van der Waals surface area contributed by atoms with Gasteiger partial charge in [-0.05, 0) is 43.9 Å². The second-order valence-corrected chi connectivity index (χ2v) is 5.14. The van der Waals surface area contributed by atoms with Crippen molar-refractivity contribution in [3.63, 3.8) is 0 Å². The van der Waals surface area contributed by atoms with E-state index >= 15 is 0 Å². The highest BCUT2D eigenvalue weighted by molar-refractivity contribution is 5.39. The molecule has 1 aromatic rings. The van der Waals surface area contributed by atoms with Crippen molar-refractivity contribution >= 4 is 5.82 Å². The normalized spacial score (nSPS) is 15.4. The lowest BCUT2D eigenvalue weighted by Crippen LogP contribution is -2.33. The Hall–Kier alpha value is -1.09. The summed E-state index contributed by atoms with van der Waals surface area (Å²) in [6.07, 6.45) is 6.21. The fourth-order valence-corrected chi connectivity index (χ4v) is 2.35. The monoisotopic (exact) mass is 247 g/mol. The standard InChI is InChI=1S/C15H25N3/c1-3-16-10-14-8-9-15(17-11-14)18(4-2)12-13-6-5-7-13/h8-9,11,13,16H,3-7,10,12H2,1-2H3. The number of nitrogens with one attached hydrogen (secondary N) is 1. The van der Waals surface area contributed by atoms with Gasteiger partial charge in [-0.1, -0.05) is 19.4 Å². The summed E-state index contributed by atoms with van der Waals surface area (Å²) < 4.78 is 0. The van der Waals surface area contributed by atoms with Gasteiger partial charge in [0.1, 0.15) is 5.82 Å². The summed E-state index contributed by atoms with van der Waals surface area (Å²) in [5.41, 5.74) is 1.26. The molecule has 3 heteroatoms. The van der Waals surface area contributed by atoms with Gasteiger partial charge in [0.05, 0.1) is 0 Å². The van der Waals surface area contributed by atoms with E-state index in [0.29, 0.717) is 0 Å². The van der Waals surface area contributed by atoms with Gasteiger partial charge >= 0.3 is 0 Å². The zero-order valence-electron chi connectivity index (χ0n) is 11.7. The molecule has 3 nitrogen and oxygen atoms in total.